The minimum Gasteiger partial charge on any atom is -0.496 e. The summed E-state index contributed by atoms with van der Waals surface area (Å²) in [4.78, 5) is 26.9. The Morgan fingerprint density at radius 3 is 2.72 bits per heavy atom. The Morgan fingerprint density at radius 1 is 1.16 bits per heavy atom. The Kier molecular flexibility index (Phi) is 6.87. The number of carbonyl (C=O) groups is 2. The first kappa shape index (κ1) is 22.0. The van der Waals surface area contributed by atoms with E-state index < -0.39 is 0 Å². The number of hydrogen-bond donors (Lipinski definition) is 4. The number of likely N-dealkylation sites (tertiary alicyclic amines) is 1. The van der Waals surface area contributed by atoms with Gasteiger partial charge in [-0.1, -0.05) is 18.2 Å². The van der Waals surface area contributed by atoms with Crippen molar-refractivity contribution in [2.75, 3.05) is 25.5 Å². The van der Waals surface area contributed by atoms with E-state index in [0.717, 1.165) is 17.7 Å². The number of nitrogens with zero attached hydrogens (tertiary/aromatic N) is 1. The second-order valence-corrected chi connectivity index (χ2v) is 8.14. The first-order valence-corrected chi connectivity index (χ1v) is 10.8. The summed E-state index contributed by atoms with van der Waals surface area (Å²) in [5, 5.41) is 5.76. The average Bonchev–Trinajstić information content (AvgIpc) is 3.49. The van der Waals surface area contributed by atoms with E-state index in [9.17, 15) is 14.0 Å². The highest BCUT2D eigenvalue weighted by Crippen LogP contribution is 2.25. The molecule has 3 unspecified atom stereocenters. The van der Waals surface area contributed by atoms with Crippen molar-refractivity contribution in [3.05, 3.63) is 59.9 Å². The molecule has 4 N–H and O–H groups in total. The van der Waals surface area contributed by atoms with Gasteiger partial charge in [0.2, 0.25) is 5.91 Å². The summed E-state index contributed by atoms with van der Waals surface area (Å²) in [7, 11) is 1.61. The molecule has 2 saturated heterocycles. The lowest BCUT2D eigenvalue weighted by Gasteiger charge is -2.20. The molecule has 0 saturated carbocycles. The molecular formula is C23H28FN5O3. The fourth-order valence-electron chi connectivity index (χ4n) is 4.25. The number of hydrazine groups is 1. The van der Waals surface area contributed by atoms with Gasteiger partial charge < -0.3 is 20.3 Å². The number of rotatable bonds is 6. The number of para-hydroxylation sites is 1. The summed E-state index contributed by atoms with van der Waals surface area (Å²) in [5.41, 5.74) is 7.80. The SMILES string of the molecule is COc1ccccc1CNC(=O)C1CC(C2CCN(C(=O)Nc3ccc(F)cc3)C2)NN1. The number of benzene rings is 2. The number of nitrogens with one attached hydrogen (secondary N) is 4. The Bertz CT molecular complexity index is 955. The third kappa shape index (κ3) is 5.17. The maximum absolute atomic E-state index is 13.0. The van der Waals surface area contributed by atoms with Crippen LogP contribution in [0.15, 0.2) is 48.5 Å². The number of methoxy groups -OCH3 is 1. The number of hydrogen-bond acceptors (Lipinski definition) is 5. The van der Waals surface area contributed by atoms with Gasteiger partial charge in [0, 0.05) is 36.9 Å². The van der Waals surface area contributed by atoms with Gasteiger partial charge in [0.15, 0.2) is 0 Å². The molecule has 2 aliphatic heterocycles. The van der Waals surface area contributed by atoms with E-state index >= 15 is 0 Å². The van der Waals surface area contributed by atoms with E-state index in [2.05, 4.69) is 21.5 Å². The zero-order valence-electron chi connectivity index (χ0n) is 17.9. The van der Waals surface area contributed by atoms with Gasteiger partial charge in [0.25, 0.3) is 0 Å². The van der Waals surface area contributed by atoms with Crippen LogP contribution in [0.2, 0.25) is 0 Å². The molecule has 0 spiro atoms. The summed E-state index contributed by atoms with van der Waals surface area (Å²) in [6.45, 7) is 1.63. The molecule has 0 bridgehead atoms. The highest BCUT2D eigenvalue weighted by atomic mass is 19.1. The van der Waals surface area contributed by atoms with Crippen molar-refractivity contribution in [1.29, 1.82) is 0 Å². The number of anilines is 1. The average molecular weight is 442 g/mol. The molecule has 170 valence electrons. The molecule has 2 heterocycles. The maximum atomic E-state index is 13.0. The normalized spacial score (nSPS) is 22.6. The van der Waals surface area contributed by atoms with Gasteiger partial charge in [-0.05, 0) is 49.1 Å². The van der Waals surface area contributed by atoms with Crippen molar-refractivity contribution in [1.82, 2.24) is 21.1 Å². The smallest absolute Gasteiger partial charge is 0.321 e. The Balaban J connectivity index is 1.24. The first-order chi connectivity index (χ1) is 15.5. The Morgan fingerprint density at radius 2 is 1.94 bits per heavy atom. The lowest BCUT2D eigenvalue weighted by molar-refractivity contribution is -0.123. The monoisotopic (exact) mass is 441 g/mol. The van der Waals surface area contributed by atoms with Gasteiger partial charge in [-0.25, -0.2) is 14.6 Å². The number of carbonyl (C=O) groups excluding carboxylic acids is 2. The van der Waals surface area contributed by atoms with Crippen LogP contribution in [0.3, 0.4) is 0 Å². The lowest BCUT2D eigenvalue weighted by atomic mass is 9.95. The number of amides is 3. The summed E-state index contributed by atoms with van der Waals surface area (Å²) >= 11 is 0. The minimum atomic E-state index is -0.342. The quantitative estimate of drug-likeness (QED) is 0.552. The maximum Gasteiger partial charge on any atom is 0.321 e. The second-order valence-electron chi connectivity index (χ2n) is 8.14. The minimum absolute atomic E-state index is 0.0742. The largest absolute Gasteiger partial charge is 0.496 e. The van der Waals surface area contributed by atoms with Crippen LogP contribution in [0.4, 0.5) is 14.9 Å². The van der Waals surface area contributed by atoms with Gasteiger partial charge in [-0.15, -0.1) is 0 Å². The molecule has 0 aromatic heterocycles. The van der Waals surface area contributed by atoms with Crippen LogP contribution >= 0.6 is 0 Å². The second kappa shape index (κ2) is 9.97. The van der Waals surface area contributed by atoms with Crippen LogP contribution in [0.5, 0.6) is 5.75 Å². The van der Waals surface area contributed by atoms with Gasteiger partial charge >= 0.3 is 6.03 Å². The predicted octanol–water partition coefficient (Wildman–Crippen LogP) is 2.24. The highest BCUT2D eigenvalue weighted by molar-refractivity contribution is 5.89. The van der Waals surface area contributed by atoms with Gasteiger partial charge in [0.1, 0.15) is 17.6 Å². The van der Waals surface area contributed by atoms with Crippen molar-refractivity contribution < 1.29 is 18.7 Å². The molecule has 3 atom stereocenters. The van der Waals surface area contributed by atoms with Crippen LogP contribution in [-0.4, -0.2) is 49.1 Å². The molecule has 2 aromatic rings. The molecule has 0 aliphatic carbocycles. The molecule has 2 fully saturated rings. The van der Waals surface area contributed by atoms with Crippen molar-refractivity contribution in [2.24, 2.45) is 5.92 Å². The zero-order chi connectivity index (χ0) is 22.5. The third-order valence-corrected chi connectivity index (χ3v) is 6.07. The van der Waals surface area contributed by atoms with Crippen LogP contribution in [0, 0.1) is 11.7 Å². The lowest BCUT2D eigenvalue weighted by Crippen LogP contribution is -2.43. The molecular weight excluding hydrogens is 413 g/mol. The fourth-order valence-corrected chi connectivity index (χ4v) is 4.25. The molecule has 2 aromatic carbocycles. The molecule has 3 amide bonds. The van der Waals surface area contributed by atoms with Gasteiger partial charge in [-0.3, -0.25) is 10.2 Å². The molecule has 4 rings (SSSR count). The van der Waals surface area contributed by atoms with E-state index in [1.54, 1.807) is 12.0 Å². The summed E-state index contributed by atoms with van der Waals surface area (Å²) < 4.78 is 18.4. The molecule has 2 aliphatic rings. The Labute approximate surface area is 186 Å². The number of ether oxygens (including phenoxy) is 1. The van der Waals surface area contributed by atoms with E-state index in [4.69, 9.17) is 4.74 Å². The highest BCUT2D eigenvalue weighted by Gasteiger charge is 2.38. The summed E-state index contributed by atoms with van der Waals surface area (Å²) in [6.07, 6.45) is 1.50. The van der Waals surface area contributed by atoms with Crippen molar-refractivity contribution in [3.8, 4) is 5.75 Å². The van der Waals surface area contributed by atoms with Gasteiger partial charge in [0.05, 0.1) is 7.11 Å². The van der Waals surface area contributed by atoms with E-state index in [1.165, 1.54) is 24.3 Å². The first-order valence-electron chi connectivity index (χ1n) is 10.8. The Hall–Kier alpha value is -3.17. The predicted molar refractivity (Wildman–Crippen MR) is 118 cm³/mol. The molecule has 9 heteroatoms. The van der Waals surface area contributed by atoms with E-state index in [1.807, 2.05) is 24.3 Å². The zero-order valence-corrected chi connectivity index (χ0v) is 17.9. The van der Waals surface area contributed by atoms with Crippen LogP contribution < -0.4 is 26.2 Å². The number of urea groups is 1. The van der Waals surface area contributed by atoms with E-state index in [0.29, 0.717) is 31.7 Å². The van der Waals surface area contributed by atoms with Crippen molar-refractivity contribution in [2.45, 2.75) is 31.5 Å². The van der Waals surface area contributed by atoms with Gasteiger partial charge in [-0.2, -0.15) is 0 Å². The van der Waals surface area contributed by atoms with Crippen molar-refractivity contribution >= 4 is 17.6 Å². The topological polar surface area (TPSA) is 94.7 Å². The standard InChI is InChI=1S/C23H28FN5O3/c1-32-21-5-3-2-4-15(21)13-25-22(30)20-12-19(27-28-20)16-10-11-29(14-16)23(31)26-18-8-6-17(24)7-9-18/h2-9,16,19-20,27-28H,10-14H2,1H3,(H,25,30)(H,26,31). The summed E-state index contributed by atoms with van der Waals surface area (Å²) in [5.74, 6) is 0.571. The molecule has 32 heavy (non-hydrogen) atoms. The van der Waals surface area contributed by atoms with Crippen molar-refractivity contribution in [3.63, 3.8) is 0 Å². The molecule has 8 nitrogen and oxygen atoms in total. The number of halogens is 1. The van der Waals surface area contributed by atoms with Crippen LogP contribution in [0.1, 0.15) is 18.4 Å². The summed E-state index contributed by atoms with van der Waals surface area (Å²) in [6, 6.07) is 12.9. The van der Waals surface area contributed by atoms with Crippen LogP contribution in [-0.2, 0) is 11.3 Å². The third-order valence-electron chi connectivity index (χ3n) is 6.07. The van der Waals surface area contributed by atoms with Crippen LogP contribution in [0.25, 0.3) is 0 Å². The van der Waals surface area contributed by atoms with E-state index in [-0.39, 0.29) is 35.8 Å². The molecule has 0 radical (unpaired) electrons. The fraction of sp³-hybridized carbons (Fsp3) is 0.391.